The first-order valence-electron chi connectivity index (χ1n) is 5.36. The van der Waals surface area contributed by atoms with Crippen molar-refractivity contribution in [2.24, 2.45) is 5.73 Å². The van der Waals surface area contributed by atoms with E-state index in [9.17, 15) is 9.59 Å². The second-order valence-corrected chi connectivity index (χ2v) is 3.83. The molecule has 0 aliphatic heterocycles. The van der Waals surface area contributed by atoms with Gasteiger partial charge in [0.1, 0.15) is 6.04 Å². The second-order valence-electron chi connectivity index (χ2n) is 3.83. The van der Waals surface area contributed by atoms with Crippen LogP contribution in [0.25, 0.3) is 0 Å². The topological polar surface area (TPSA) is 78.6 Å². The molecule has 0 fully saturated rings. The Labute approximate surface area is 105 Å². The van der Waals surface area contributed by atoms with E-state index < -0.39 is 18.0 Å². The van der Waals surface area contributed by atoms with Gasteiger partial charge in [-0.1, -0.05) is 18.7 Å². The van der Waals surface area contributed by atoms with Crippen LogP contribution in [0.2, 0.25) is 0 Å². The van der Waals surface area contributed by atoms with E-state index in [1.165, 1.54) is 26.0 Å². The standard InChI is InChI=1S/C13H15NO4/c1-8(2)12(15)17-10-6-4-5-7-11(10)18-13(16)9(3)14/h4-7,9H,1,14H2,2-3H3/t9-/m0/s1. The molecule has 0 unspecified atom stereocenters. The summed E-state index contributed by atoms with van der Waals surface area (Å²) in [6, 6.07) is 5.59. The fraction of sp³-hybridized carbons (Fsp3) is 0.231. The number of para-hydroxylation sites is 2. The van der Waals surface area contributed by atoms with Gasteiger partial charge in [-0.05, 0) is 26.0 Å². The van der Waals surface area contributed by atoms with Crippen LogP contribution in [0.1, 0.15) is 13.8 Å². The number of esters is 2. The van der Waals surface area contributed by atoms with Crippen LogP contribution in [0.3, 0.4) is 0 Å². The molecule has 0 aromatic heterocycles. The highest BCUT2D eigenvalue weighted by Crippen LogP contribution is 2.27. The van der Waals surface area contributed by atoms with Crippen LogP contribution >= 0.6 is 0 Å². The summed E-state index contributed by atoms with van der Waals surface area (Å²) < 4.78 is 10.0. The van der Waals surface area contributed by atoms with E-state index in [0.29, 0.717) is 0 Å². The molecule has 1 aromatic rings. The summed E-state index contributed by atoms with van der Waals surface area (Å²) in [5.41, 5.74) is 5.64. The van der Waals surface area contributed by atoms with Crippen LogP contribution in [-0.2, 0) is 9.59 Å². The van der Waals surface area contributed by atoms with Crippen LogP contribution in [0.15, 0.2) is 36.4 Å². The first-order chi connectivity index (χ1) is 8.41. The number of nitrogens with two attached hydrogens (primary N) is 1. The molecule has 96 valence electrons. The number of carbonyl (C=O) groups excluding carboxylic acids is 2. The Hall–Kier alpha value is -2.14. The number of hydrogen-bond donors (Lipinski definition) is 1. The lowest BCUT2D eigenvalue weighted by Crippen LogP contribution is -2.31. The van der Waals surface area contributed by atoms with E-state index >= 15 is 0 Å². The minimum absolute atomic E-state index is 0.148. The first kappa shape index (κ1) is 13.9. The lowest BCUT2D eigenvalue weighted by molar-refractivity contribution is -0.136. The maximum absolute atomic E-state index is 11.4. The normalized spacial score (nSPS) is 11.5. The van der Waals surface area contributed by atoms with Gasteiger partial charge in [0.05, 0.1) is 0 Å². The Morgan fingerprint density at radius 2 is 1.72 bits per heavy atom. The van der Waals surface area contributed by atoms with Gasteiger partial charge < -0.3 is 15.2 Å². The quantitative estimate of drug-likeness (QED) is 0.496. The van der Waals surface area contributed by atoms with Crippen molar-refractivity contribution >= 4 is 11.9 Å². The number of hydrogen-bond acceptors (Lipinski definition) is 5. The Bertz CT molecular complexity index is 480. The van der Waals surface area contributed by atoms with Crippen molar-refractivity contribution < 1.29 is 19.1 Å². The van der Waals surface area contributed by atoms with E-state index in [4.69, 9.17) is 15.2 Å². The van der Waals surface area contributed by atoms with Gasteiger partial charge in [-0.2, -0.15) is 0 Å². The molecule has 18 heavy (non-hydrogen) atoms. The van der Waals surface area contributed by atoms with E-state index in [2.05, 4.69) is 6.58 Å². The fourth-order valence-electron chi connectivity index (χ4n) is 1.01. The largest absolute Gasteiger partial charge is 0.421 e. The summed E-state index contributed by atoms with van der Waals surface area (Å²) >= 11 is 0. The van der Waals surface area contributed by atoms with E-state index in [1.54, 1.807) is 12.1 Å². The maximum atomic E-state index is 11.4. The van der Waals surface area contributed by atoms with Gasteiger partial charge in [0.15, 0.2) is 11.5 Å². The molecule has 1 aromatic carbocycles. The molecule has 0 radical (unpaired) electrons. The SMILES string of the molecule is C=C(C)C(=O)Oc1ccccc1OC(=O)[C@H](C)N. The minimum atomic E-state index is -0.755. The average Bonchev–Trinajstić information content (AvgIpc) is 2.31. The first-order valence-corrected chi connectivity index (χ1v) is 5.36. The van der Waals surface area contributed by atoms with Gasteiger partial charge >= 0.3 is 11.9 Å². The highest BCUT2D eigenvalue weighted by atomic mass is 16.6. The molecule has 0 amide bonds. The minimum Gasteiger partial charge on any atom is -0.421 e. The molecule has 0 saturated carbocycles. The molecular formula is C13H15NO4. The summed E-state index contributed by atoms with van der Waals surface area (Å²) in [5, 5.41) is 0. The Morgan fingerprint density at radius 3 is 2.17 bits per heavy atom. The van der Waals surface area contributed by atoms with Crippen molar-refractivity contribution in [2.75, 3.05) is 0 Å². The zero-order valence-corrected chi connectivity index (χ0v) is 10.3. The highest BCUT2D eigenvalue weighted by molar-refractivity contribution is 5.89. The van der Waals surface area contributed by atoms with Crippen molar-refractivity contribution in [2.45, 2.75) is 19.9 Å². The molecular weight excluding hydrogens is 234 g/mol. The number of carbonyl (C=O) groups is 2. The Kier molecular flexibility index (Phi) is 4.62. The van der Waals surface area contributed by atoms with Gasteiger partial charge in [-0.3, -0.25) is 0 Å². The predicted octanol–water partition coefficient (Wildman–Crippen LogP) is 1.42. The van der Waals surface area contributed by atoms with E-state index in [-0.39, 0.29) is 17.1 Å². The molecule has 0 aliphatic carbocycles. The third-order valence-electron chi connectivity index (χ3n) is 1.98. The molecule has 0 saturated heterocycles. The van der Waals surface area contributed by atoms with Gasteiger partial charge in [0.25, 0.3) is 0 Å². The molecule has 5 heteroatoms. The third kappa shape index (κ3) is 3.71. The van der Waals surface area contributed by atoms with Gasteiger partial charge in [-0.15, -0.1) is 0 Å². The van der Waals surface area contributed by atoms with E-state index in [0.717, 1.165) is 0 Å². The van der Waals surface area contributed by atoms with Gasteiger partial charge in [0, 0.05) is 5.57 Å². The van der Waals surface area contributed by atoms with Crippen molar-refractivity contribution in [1.29, 1.82) is 0 Å². The zero-order valence-electron chi connectivity index (χ0n) is 10.3. The van der Waals surface area contributed by atoms with Crippen LogP contribution in [0, 0.1) is 0 Å². The van der Waals surface area contributed by atoms with Crippen molar-refractivity contribution in [3.8, 4) is 11.5 Å². The summed E-state index contributed by atoms with van der Waals surface area (Å²) in [5.74, 6) is -0.887. The molecule has 0 heterocycles. The Balaban J connectivity index is 2.89. The molecule has 1 rings (SSSR count). The third-order valence-corrected chi connectivity index (χ3v) is 1.98. The fourth-order valence-corrected chi connectivity index (χ4v) is 1.01. The van der Waals surface area contributed by atoms with Gasteiger partial charge in [-0.25, -0.2) is 9.59 Å². The zero-order chi connectivity index (χ0) is 13.7. The number of ether oxygens (including phenoxy) is 2. The summed E-state index contributed by atoms with van der Waals surface area (Å²) in [7, 11) is 0. The van der Waals surface area contributed by atoms with E-state index in [1.807, 2.05) is 0 Å². The monoisotopic (exact) mass is 249 g/mol. The lowest BCUT2D eigenvalue weighted by atomic mass is 10.3. The molecule has 5 nitrogen and oxygen atoms in total. The molecule has 2 N–H and O–H groups in total. The highest BCUT2D eigenvalue weighted by Gasteiger charge is 2.15. The molecule has 1 atom stereocenters. The van der Waals surface area contributed by atoms with Crippen LogP contribution in [-0.4, -0.2) is 18.0 Å². The molecule has 0 bridgehead atoms. The smallest absolute Gasteiger partial charge is 0.338 e. The number of rotatable bonds is 4. The number of benzene rings is 1. The average molecular weight is 249 g/mol. The van der Waals surface area contributed by atoms with Crippen LogP contribution in [0.4, 0.5) is 0 Å². The van der Waals surface area contributed by atoms with Crippen LogP contribution < -0.4 is 15.2 Å². The molecule has 0 aliphatic rings. The van der Waals surface area contributed by atoms with Crippen LogP contribution in [0.5, 0.6) is 11.5 Å². The maximum Gasteiger partial charge on any atom is 0.338 e. The van der Waals surface area contributed by atoms with Crippen molar-refractivity contribution in [3.05, 3.63) is 36.4 Å². The second kappa shape index (κ2) is 5.97. The summed E-state index contributed by atoms with van der Waals surface area (Å²) in [6.45, 7) is 6.50. The lowest BCUT2D eigenvalue weighted by Gasteiger charge is -2.11. The summed E-state index contributed by atoms with van der Waals surface area (Å²) in [6.07, 6.45) is 0. The molecule has 0 spiro atoms. The van der Waals surface area contributed by atoms with Crippen molar-refractivity contribution in [3.63, 3.8) is 0 Å². The predicted molar refractivity (Wildman–Crippen MR) is 66.2 cm³/mol. The summed E-state index contributed by atoms with van der Waals surface area (Å²) in [4.78, 5) is 22.8. The Morgan fingerprint density at radius 1 is 1.22 bits per heavy atom. The van der Waals surface area contributed by atoms with Gasteiger partial charge in [0.2, 0.25) is 0 Å². The van der Waals surface area contributed by atoms with Crippen molar-refractivity contribution in [1.82, 2.24) is 0 Å².